The molecule has 1 amide bonds. The first-order valence-corrected chi connectivity index (χ1v) is 5.68. The number of pyridine rings is 1. The SMILES string of the molecule is CC(OCC(F)(F)F)C(=O)NC(C)c1ccncc1. The minimum absolute atomic E-state index is 0.326. The van der Waals surface area contributed by atoms with Crippen molar-refractivity contribution in [2.45, 2.75) is 32.2 Å². The molecular weight excluding hydrogens is 261 g/mol. The number of hydrogen-bond donors (Lipinski definition) is 1. The Morgan fingerprint density at radius 3 is 2.47 bits per heavy atom. The number of rotatable bonds is 5. The van der Waals surface area contributed by atoms with Crippen molar-refractivity contribution in [1.29, 1.82) is 0 Å². The molecule has 1 N–H and O–H groups in total. The monoisotopic (exact) mass is 276 g/mol. The van der Waals surface area contributed by atoms with Gasteiger partial charge >= 0.3 is 6.18 Å². The van der Waals surface area contributed by atoms with Gasteiger partial charge in [-0.25, -0.2) is 0 Å². The second-order valence-corrected chi connectivity index (χ2v) is 4.08. The molecule has 1 rings (SSSR count). The number of carbonyl (C=O) groups excluding carboxylic acids is 1. The summed E-state index contributed by atoms with van der Waals surface area (Å²) in [7, 11) is 0. The number of ether oxygens (including phenoxy) is 1. The molecule has 0 bridgehead atoms. The summed E-state index contributed by atoms with van der Waals surface area (Å²) in [6, 6.07) is 3.10. The molecule has 2 unspecified atom stereocenters. The quantitative estimate of drug-likeness (QED) is 0.897. The molecule has 19 heavy (non-hydrogen) atoms. The lowest BCUT2D eigenvalue weighted by Gasteiger charge is -2.18. The fourth-order valence-electron chi connectivity index (χ4n) is 1.36. The smallest absolute Gasteiger partial charge is 0.359 e. The Hall–Kier alpha value is -1.63. The van der Waals surface area contributed by atoms with Gasteiger partial charge in [-0.15, -0.1) is 0 Å². The molecule has 0 saturated heterocycles. The number of nitrogens with zero attached hydrogens (tertiary/aromatic N) is 1. The van der Waals surface area contributed by atoms with Crippen LogP contribution in [0, 0.1) is 0 Å². The first-order chi connectivity index (χ1) is 8.79. The van der Waals surface area contributed by atoms with E-state index in [9.17, 15) is 18.0 Å². The summed E-state index contributed by atoms with van der Waals surface area (Å²) in [5.41, 5.74) is 0.811. The van der Waals surface area contributed by atoms with Crippen molar-refractivity contribution in [2.75, 3.05) is 6.61 Å². The predicted molar refractivity (Wildman–Crippen MR) is 62.3 cm³/mol. The molecule has 0 aliphatic heterocycles. The van der Waals surface area contributed by atoms with Gasteiger partial charge in [-0.05, 0) is 31.5 Å². The zero-order valence-corrected chi connectivity index (χ0v) is 10.6. The molecule has 0 radical (unpaired) electrons. The van der Waals surface area contributed by atoms with Crippen LogP contribution in [0.2, 0.25) is 0 Å². The summed E-state index contributed by atoms with van der Waals surface area (Å²) in [6.45, 7) is 1.56. The van der Waals surface area contributed by atoms with Crippen LogP contribution in [-0.2, 0) is 9.53 Å². The first-order valence-electron chi connectivity index (χ1n) is 5.68. The van der Waals surface area contributed by atoms with E-state index < -0.39 is 24.8 Å². The number of alkyl halides is 3. The van der Waals surface area contributed by atoms with Crippen LogP contribution in [0.3, 0.4) is 0 Å². The van der Waals surface area contributed by atoms with Gasteiger partial charge in [0.1, 0.15) is 12.7 Å². The summed E-state index contributed by atoms with van der Waals surface area (Å²) in [6.07, 6.45) is -2.46. The van der Waals surface area contributed by atoms with Gasteiger partial charge in [0.2, 0.25) is 5.91 Å². The van der Waals surface area contributed by atoms with Crippen molar-refractivity contribution in [2.24, 2.45) is 0 Å². The Morgan fingerprint density at radius 1 is 1.37 bits per heavy atom. The number of hydrogen-bond acceptors (Lipinski definition) is 3. The van der Waals surface area contributed by atoms with Gasteiger partial charge in [0.05, 0.1) is 6.04 Å². The van der Waals surface area contributed by atoms with Crippen LogP contribution in [0.4, 0.5) is 13.2 Å². The van der Waals surface area contributed by atoms with Crippen LogP contribution in [0.1, 0.15) is 25.5 Å². The molecule has 4 nitrogen and oxygen atoms in total. The normalized spacial score (nSPS) is 14.8. The maximum Gasteiger partial charge on any atom is 0.411 e. The van der Waals surface area contributed by atoms with Gasteiger partial charge in [-0.1, -0.05) is 0 Å². The zero-order valence-electron chi connectivity index (χ0n) is 10.6. The lowest BCUT2D eigenvalue weighted by atomic mass is 10.1. The van der Waals surface area contributed by atoms with Crippen LogP contribution >= 0.6 is 0 Å². The number of halogens is 3. The molecule has 7 heteroatoms. The number of carbonyl (C=O) groups is 1. The highest BCUT2D eigenvalue weighted by Crippen LogP contribution is 2.16. The van der Waals surface area contributed by atoms with Crippen molar-refractivity contribution in [3.05, 3.63) is 30.1 Å². The second kappa shape index (κ2) is 6.51. The number of nitrogens with one attached hydrogen (secondary N) is 1. The molecule has 106 valence electrons. The van der Waals surface area contributed by atoms with E-state index in [1.54, 1.807) is 31.5 Å². The van der Waals surface area contributed by atoms with Crippen LogP contribution in [0.15, 0.2) is 24.5 Å². The highest BCUT2D eigenvalue weighted by molar-refractivity contribution is 5.80. The maximum atomic E-state index is 11.9. The lowest BCUT2D eigenvalue weighted by molar-refractivity contribution is -0.185. The first kappa shape index (κ1) is 15.4. The Morgan fingerprint density at radius 2 is 1.95 bits per heavy atom. The Balaban J connectivity index is 2.46. The van der Waals surface area contributed by atoms with E-state index in [0.29, 0.717) is 0 Å². The van der Waals surface area contributed by atoms with E-state index >= 15 is 0 Å². The van der Waals surface area contributed by atoms with Crippen LogP contribution in [-0.4, -0.2) is 29.8 Å². The molecule has 1 aromatic heterocycles. The van der Waals surface area contributed by atoms with Gasteiger partial charge < -0.3 is 10.1 Å². The average molecular weight is 276 g/mol. The van der Waals surface area contributed by atoms with Crippen molar-refractivity contribution in [3.8, 4) is 0 Å². The zero-order chi connectivity index (χ0) is 14.5. The summed E-state index contributed by atoms with van der Waals surface area (Å²) < 4.78 is 40.3. The van der Waals surface area contributed by atoms with Gasteiger partial charge in [0.25, 0.3) is 0 Å². The van der Waals surface area contributed by atoms with E-state index in [4.69, 9.17) is 0 Å². The summed E-state index contributed by atoms with van der Waals surface area (Å²) >= 11 is 0. The van der Waals surface area contributed by atoms with Gasteiger partial charge in [0.15, 0.2) is 0 Å². The fraction of sp³-hybridized carbons (Fsp3) is 0.500. The van der Waals surface area contributed by atoms with Crippen LogP contribution in [0.25, 0.3) is 0 Å². The Labute approximate surface area is 109 Å². The Kier molecular flexibility index (Phi) is 5.29. The van der Waals surface area contributed by atoms with Crippen molar-refractivity contribution in [1.82, 2.24) is 10.3 Å². The van der Waals surface area contributed by atoms with Crippen molar-refractivity contribution >= 4 is 5.91 Å². The molecule has 1 heterocycles. The average Bonchev–Trinajstić information content (AvgIpc) is 2.36. The molecule has 1 aromatic rings. The summed E-state index contributed by atoms with van der Waals surface area (Å²) in [5, 5.41) is 2.57. The van der Waals surface area contributed by atoms with Gasteiger partial charge in [-0.2, -0.15) is 13.2 Å². The third-order valence-electron chi connectivity index (χ3n) is 2.43. The maximum absolute atomic E-state index is 11.9. The van der Waals surface area contributed by atoms with Crippen LogP contribution < -0.4 is 5.32 Å². The van der Waals surface area contributed by atoms with Crippen molar-refractivity contribution in [3.63, 3.8) is 0 Å². The van der Waals surface area contributed by atoms with Gasteiger partial charge in [0, 0.05) is 12.4 Å². The largest absolute Gasteiger partial charge is 0.411 e. The topological polar surface area (TPSA) is 51.2 Å². The molecule has 0 saturated carbocycles. The van der Waals surface area contributed by atoms with E-state index in [1.165, 1.54) is 6.92 Å². The third kappa shape index (κ3) is 5.69. The molecular formula is C12H15F3N2O2. The van der Waals surface area contributed by atoms with Crippen molar-refractivity contribution < 1.29 is 22.7 Å². The number of aromatic nitrogens is 1. The fourth-order valence-corrected chi connectivity index (χ4v) is 1.36. The molecule has 0 aromatic carbocycles. The van der Waals surface area contributed by atoms with E-state index in [1.807, 2.05) is 0 Å². The predicted octanol–water partition coefficient (Wildman–Crippen LogP) is 2.23. The summed E-state index contributed by atoms with van der Waals surface area (Å²) in [5.74, 6) is -0.589. The molecule has 0 spiro atoms. The van der Waals surface area contributed by atoms with Crippen LogP contribution in [0.5, 0.6) is 0 Å². The van der Waals surface area contributed by atoms with E-state index in [0.717, 1.165) is 5.56 Å². The van der Waals surface area contributed by atoms with E-state index in [-0.39, 0.29) is 6.04 Å². The second-order valence-electron chi connectivity index (χ2n) is 4.08. The van der Waals surface area contributed by atoms with Gasteiger partial charge in [-0.3, -0.25) is 9.78 Å². The molecule has 0 aliphatic carbocycles. The van der Waals surface area contributed by atoms with E-state index in [2.05, 4.69) is 15.0 Å². The minimum atomic E-state index is -4.44. The Bertz CT molecular complexity index is 409. The lowest BCUT2D eigenvalue weighted by Crippen LogP contribution is -2.37. The standard InChI is InChI=1S/C12H15F3N2O2/c1-8(10-3-5-16-6-4-10)17-11(18)9(2)19-7-12(13,14)15/h3-6,8-9H,7H2,1-2H3,(H,17,18). The molecule has 0 fully saturated rings. The highest BCUT2D eigenvalue weighted by Gasteiger charge is 2.30. The highest BCUT2D eigenvalue weighted by atomic mass is 19.4. The molecule has 2 atom stereocenters. The minimum Gasteiger partial charge on any atom is -0.359 e. The third-order valence-corrected chi connectivity index (χ3v) is 2.43. The number of amides is 1. The summed E-state index contributed by atoms with van der Waals surface area (Å²) in [4.78, 5) is 15.5. The molecule has 0 aliphatic rings.